The van der Waals surface area contributed by atoms with E-state index >= 15 is 0 Å². The van der Waals surface area contributed by atoms with Gasteiger partial charge in [0.2, 0.25) is 0 Å². The Balaban J connectivity index is 1.95. The summed E-state index contributed by atoms with van der Waals surface area (Å²) in [7, 11) is 0. The first-order valence-corrected chi connectivity index (χ1v) is 7.44. The Bertz CT molecular complexity index is 778. The number of hydrogen-bond donors (Lipinski definition) is 2. The topological polar surface area (TPSA) is 70.6 Å². The molecular weight excluding hydrogens is 361 g/mol. The highest BCUT2D eigenvalue weighted by molar-refractivity contribution is 6.41. The third kappa shape index (κ3) is 4.96. The van der Waals surface area contributed by atoms with Gasteiger partial charge in [-0.3, -0.25) is 9.59 Å². The summed E-state index contributed by atoms with van der Waals surface area (Å²) in [6.45, 7) is 0. The van der Waals surface area contributed by atoms with E-state index in [1.165, 1.54) is 12.3 Å². The monoisotopic (exact) mass is 369 g/mol. The minimum Gasteiger partial charge on any atom is -0.316 e. The third-order valence-electron chi connectivity index (χ3n) is 2.66. The van der Waals surface area contributed by atoms with Gasteiger partial charge >= 0.3 is 11.8 Å². The average molecular weight is 371 g/mol. The van der Waals surface area contributed by atoms with Crippen LogP contribution in [0.5, 0.6) is 0 Å². The summed E-state index contributed by atoms with van der Waals surface area (Å²) in [4.78, 5) is 23.4. The van der Waals surface area contributed by atoms with Gasteiger partial charge in [-0.2, -0.15) is 5.10 Å². The van der Waals surface area contributed by atoms with Crippen LogP contribution in [0, 0.1) is 0 Å². The maximum absolute atomic E-state index is 11.7. The Morgan fingerprint density at radius 3 is 2.39 bits per heavy atom. The summed E-state index contributed by atoms with van der Waals surface area (Å²) < 4.78 is 0. The van der Waals surface area contributed by atoms with Gasteiger partial charge in [-0.05, 0) is 24.3 Å². The molecule has 2 rings (SSSR count). The van der Waals surface area contributed by atoms with Crippen LogP contribution in [0.4, 0.5) is 5.69 Å². The Morgan fingerprint density at radius 1 is 0.957 bits per heavy atom. The van der Waals surface area contributed by atoms with E-state index in [0.717, 1.165) is 0 Å². The predicted octanol–water partition coefficient (Wildman–Crippen LogP) is 3.74. The zero-order chi connectivity index (χ0) is 16.8. The van der Waals surface area contributed by atoms with E-state index < -0.39 is 11.8 Å². The van der Waals surface area contributed by atoms with E-state index in [1.807, 2.05) is 0 Å². The fourth-order valence-electron chi connectivity index (χ4n) is 1.56. The summed E-state index contributed by atoms with van der Waals surface area (Å²) in [5.74, 6) is -1.83. The Morgan fingerprint density at radius 2 is 1.70 bits per heavy atom. The van der Waals surface area contributed by atoms with Crippen molar-refractivity contribution in [1.82, 2.24) is 5.43 Å². The van der Waals surface area contributed by atoms with Crippen molar-refractivity contribution in [3.05, 3.63) is 63.1 Å². The molecule has 8 heteroatoms. The first kappa shape index (κ1) is 17.3. The smallest absolute Gasteiger partial charge is 0.316 e. The number of hydrazone groups is 1. The lowest BCUT2D eigenvalue weighted by Gasteiger charge is -2.05. The molecule has 23 heavy (non-hydrogen) atoms. The molecular formula is C15H10Cl3N3O2. The summed E-state index contributed by atoms with van der Waals surface area (Å²) in [5.41, 5.74) is 2.97. The fourth-order valence-corrected chi connectivity index (χ4v) is 2.20. The highest BCUT2D eigenvalue weighted by atomic mass is 35.5. The van der Waals surface area contributed by atoms with Crippen LogP contribution in [0.15, 0.2) is 47.6 Å². The molecule has 2 aromatic rings. The van der Waals surface area contributed by atoms with Gasteiger partial charge in [0.05, 0.1) is 21.9 Å². The number of nitrogens with one attached hydrogen (secondary N) is 2. The van der Waals surface area contributed by atoms with Crippen LogP contribution in [-0.4, -0.2) is 18.0 Å². The minimum atomic E-state index is -0.939. The lowest BCUT2D eigenvalue weighted by Crippen LogP contribution is -2.32. The molecule has 0 spiro atoms. The number of benzene rings is 2. The number of carbonyl (C=O) groups excluding carboxylic acids is 2. The van der Waals surface area contributed by atoms with Crippen molar-refractivity contribution in [3.63, 3.8) is 0 Å². The van der Waals surface area contributed by atoms with Crippen molar-refractivity contribution in [2.24, 2.45) is 5.10 Å². The number of hydrogen-bond acceptors (Lipinski definition) is 3. The standard InChI is InChI=1S/C15H10Cl3N3O2/c16-10-6-5-9(12(18)7-10)8-19-21-15(23)14(22)20-13-4-2-1-3-11(13)17/h1-8H,(H,20,22)(H,21,23)/b19-8-. The molecule has 0 aliphatic rings. The number of halogens is 3. The van der Waals surface area contributed by atoms with Crippen molar-refractivity contribution in [2.75, 3.05) is 5.32 Å². The molecule has 2 aromatic carbocycles. The second-order valence-electron chi connectivity index (χ2n) is 4.30. The SMILES string of the molecule is O=C(N/N=C\c1ccc(Cl)cc1Cl)C(=O)Nc1ccccc1Cl. The van der Waals surface area contributed by atoms with Crippen molar-refractivity contribution >= 4 is 58.5 Å². The lowest BCUT2D eigenvalue weighted by atomic mass is 10.2. The van der Waals surface area contributed by atoms with Crippen LogP contribution in [0.3, 0.4) is 0 Å². The van der Waals surface area contributed by atoms with E-state index in [1.54, 1.807) is 36.4 Å². The Labute approximate surface area is 147 Å². The largest absolute Gasteiger partial charge is 0.329 e. The fraction of sp³-hybridized carbons (Fsp3) is 0. The molecule has 0 aromatic heterocycles. The van der Waals surface area contributed by atoms with Gasteiger partial charge in [0.25, 0.3) is 0 Å². The summed E-state index contributed by atoms with van der Waals surface area (Å²) in [6, 6.07) is 11.3. The maximum Gasteiger partial charge on any atom is 0.329 e. The van der Waals surface area contributed by atoms with Gasteiger partial charge in [-0.1, -0.05) is 53.0 Å². The maximum atomic E-state index is 11.7. The van der Waals surface area contributed by atoms with E-state index in [4.69, 9.17) is 34.8 Å². The molecule has 2 N–H and O–H groups in total. The molecule has 0 aliphatic carbocycles. The van der Waals surface area contributed by atoms with E-state index in [0.29, 0.717) is 26.3 Å². The zero-order valence-electron chi connectivity index (χ0n) is 11.5. The van der Waals surface area contributed by atoms with Crippen LogP contribution in [-0.2, 0) is 9.59 Å². The normalized spacial score (nSPS) is 10.6. The van der Waals surface area contributed by atoms with Crippen LogP contribution in [0.1, 0.15) is 5.56 Å². The molecule has 0 aliphatic heterocycles. The number of anilines is 1. The number of amides is 2. The molecule has 0 atom stereocenters. The van der Waals surface area contributed by atoms with Gasteiger partial charge in [0, 0.05) is 10.6 Å². The van der Waals surface area contributed by atoms with Gasteiger partial charge in [0.15, 0.2) is 0 Å². The number of para-hydroxylation sites is 1. The molecule has 0 bridgehead atoms. The van der Waals surface area contributed by atoms with E-state index in [-0.39, 0.29) is 0 Å². The highest BCUT2D eigenvalue weighted by Crippen LogP contribution is 2.20. The van der Waals surface area contributed by atoms with Gasteiger partial charge < -0.3 is 5.32 Å². The second-order valence-corrected chi connectivity index (χ2v) is 5.55. The lowest BCUT2D eigenvalue weighted by molar-refractivity contribution is -0.136. The third-order valence-corrected chi connectivity index (χ3v) is 3.55. The average Bonchev–Trinajstić information content (AvgIpc) is 2.51. The summed E-state index contributed by atoms with van der Waals surface area (Å²) in [5, 5.41) is 7.23. The summed E-state index contributed by atoms with van der Waals surface area (Å²) >= 11 is 17.6. The summed E-state index contributed by atoms with van der Waals surface area (Å²) in [6.07, 6.45) is 1.30. The van der Waals surface area contributed by atoms with Gasteiger partial charge in [0.1, 0.15) is 0 Å². The quantitative estimate of drug-likeness (QED) is 0.491. The molecule has 0 heterocycles. The van der Waals surface area contributed by atoms with Crippen LogP contribution in [0.25, 0.3) is 0 Å². The zero-order valence-corrected chi connectivity index (χ0v) is 13.8. The Kier molecular flexibility index (Phi) is 5.98. The van der Waals surface area contributed by atoms with Crippen molar-refractivity contribution in [3.8, 4) is 0 Å². The molecule has 0 saturated heterocycles. The molecule has 0 radical (unpaired) electrons. The van der Waals surface area contributed by atoms with Crippen molar-refractivity contribution < 1.29 is 9.59 Å². The van der Waals surface area contributed by atoms with E-state index in [9.17, 15) is 9.59 Å². The van der Waals surface area contributed by atoms with Gasteiger partial charge in [-0.15, -0.1) is 0 Å². The molecule has 118 valence electrons. The number of rotatable bonds is 3. The number of nitrogens with zero attached hydrogens (tertiary/aromatic N) is 1. The molecule has 0 fully saturated rings. The second kappa shape index (κ2) is 7.97. The first-order chi connectivity index (χ1) is 11.0. The van der Waals surface area contributed by atoms with Crippen LogP contribution < -0.4 is 10.7 Å². The Hall–Kier alpha value is -2.08. The van der Waals surface area contributed by atoms with Crippen LogP contribution >= 0.6 is 34.8 Å². The molecule has 0 saturated carbocycles. The van der Waals surface area contributed by atoms with Crippen molar-refractivity contribution in [2.45, 2.75) is 0 Å². The molecule has 2 amide bonds. The van der Waals surface area contributed by atoms with Crippen molar-refractivity contribution in [1.29, 1.82) is 0 Å². The first-order valence-electron chi connectivity index (χ1n) is 6.31. The molecule has 0 unspecified atom stereocenters. The highest BCUT2D eigenvalue weighted by Gasteiger charge is 2.14. The predicted molar refractivity (Wildman–Crippen MR) is 92.3 cm³/mol. The minimum absolute atomic E-state index is 0.324. The molecule has 5 nitrogen and oxygen atoms in total. The van der Waals surface area contributed by atoms with Gasteiger partial charge in [-0.25, -0.2) is 5.43 Å². The number of carbonyl (C=O) groups is 2. The van der Waals surface area contributed by atoms with E-state index in [2.05, 4.69) is 15.8 Å². The van der Waals surface area contributed by atoms with Crippen LogP contribution in [0.2, 0.25) is 15.1 Å².